The molecule has 37 heavy (non-hydrogen) atoms. The van der Waals surface area contributed by atoms with E-state index in [-0.39, 0.29) is 23.3 Å². The fourth-order valence-corrected chi connectivity index (χ4v) is 6.02. The van der Waals surface area contributed by atoms with Gasteiger partial charge >= 0.3 is 0 Å². The molecule has 0 unspecified atom stereocenters. The number of rotatable bonds is 8. The maximum absolute atomic E-state index is 13.1. The minimum atomic E-state index is -0.282. The molecule has 1 aromatic carbocycles. The van der Waals surface area contributed by atoms with Gasteiger partial charge in [-0.25, -0.2) is 9.97 Å². The van der Waals surface area contributed by atoms with Gasteiger partial charge in [-0.1, -0.05) is 38.7 Å². The van der Waals surface area contributed by atoms with Crippen LogP contribution in [-0.2, 0) is 16.0 Å². The van der Waals surface area contributed by atoms with Crippen molar-refractivity contribution in [1.82, 2.24) is 14.9 Å². The average Bonchev–Trinajstić information content (AvgIpc) is 3.49. The van der Waals surface area contributed by atoms with Crippen molar-refractivity contribution in [3.8, 4) is 0 Å². The minimum absolute atomic E-state index is 0.0137. The third-order valence-corrected chi connectivity index (χ3v) is 8.43. The number of hydrogen-bond donors (Lipinski definition) is 2. The number of nitrogens with zero attached hydrogens (tertiary/aromatic N) is 3. The normalized spacial score (nSPS) is 15.9. The summed E-state index contributed by atoms with van der Waals surface area (Å²) < 4.78 is 7.04. The van der Waals surface area contributed by atoms with Crippen molar-refractivity contribution in [2.24, 2.45) is 0 Å². The summed E-state index contributed by atoms with van der Waals surface area (Å²) in [5.41, 5.74) is 2.15. The predicted octanol–water partition coefficient (Wildman–Crippen LogP) is 5.87. The Balaban J connectivity index is 1.32. The summed E-state index contributed by atoms with van der Waals surface area (Å²) in [6, 6.07) is 7.07. The van der Waals surface area contributed by atoms with Crippen LogP contribution in [0.2, 0.25) is 0 Å². The standard InChI is InChI=1S/C27H33N5O3S2/c1-6-22(33)30-19-11-9-18(10-12-19)24(34)32-13-7-8-20(15-32)31-26-29-17(2)25(37-26)36-16-23-28-14-21(35-23)27(3,4)5/h6,9-12,14,20H,1,7-8,13,15-16H2,2-5H3,(H,29,31)(H,30,33)/t20-/m1/s1. The maximum Gasteiger partial charge on any atom is 0.253 e. The smallest absolute Gasteiger partial charge is 0.253 e. The highest BCUT2D eigenvalue weighted by molar-refractivity contribution is 8.00. The number of benzene rings is 1. The lowest BCUT2D eigenvalue weighted by atomic mass is 9.94. The van der Waals surface area contributed by atoms with Gasteiger partial charge in [-0.15, -0.1) is 11.8 Å². The van der Waals surface area contributed by atoms with Gasteiger partial charge in [-0.3, -0.25) is 9.59 Å². The van der Waals surface area contributed by atoms with E-state index in [9.17, 15) is 9.59 Å². The van der Waals surface area contributed by atoms with E-state index in [0.717, 1.165) is 46.1 Å². The molecule has 1 fully saturated rings. The maximum atomic E-state index is 13.1. The van der Waals surface area contributed by atoms with E-state index in [1.807, 2.05) is 18.0 Å². The number of thiazole rings is 1. The van der Waals surface area contributed by atoms with Gasteiger partial charge in [-0.05, 0) is 50.1 Å². The summed E-state index contributed by atoms with van der Waals surface area (Å²) >= 11 is 3.30. The number of hydrogen-bond acceptors (Lipinski definition) is 8. The second kappa shape index (κ2) is 11.5. The molecular weight excluding hydrogens is 506 g/mol. The molecule has 3 aromatic rings. The fourth-order valence-electron chi connectivity index (χ4n) is 3.96. The van der Waals surface area contributed by atoms with E-state index >= 15 is 0 Å². The highest BCUT2D eigenvalue weighted by atomic mass is 32.2. The molecule has 2 N–H and O–H groups in total. The zero-order valence-corrected chi connectivity index (χ0v) is 23.3. The number of aromatic nitrogens is 2. The van der Waals surface area contributed by atoms with E-state index in [1.165, 1.54) is 6.08 Å². The van der Waals surface area contributed by atoms with Crippen molar-refractivity contribution in [1.29, 1.82) is 0 Å². The first kappa shape index (κ1) is 26.9. The molecule has 2 aromatic heterocycles. The van der Waals surface area contributed by atoms with Gasteiger partial charge in [0.1, 0.15) is 5.76 Å². The molecule has 1 saturated heterocycles. The minimum Gasteiger partial charge on any atom is -0.444 e. The Bertz CT molecular complexity index is 1260. The zero-order valence-electron chi connectivity index (χ0n) is 21.7. The molecular formula is C27H33N5O3S2. The van der Waals surface area contributed by atoms with Crippen molar-refractivity contribution in [3.63, 3.8) is 0 Å². The van der Waals surface area contributed by atoms with Crippen LogP contribution in [0.4, 0.5) is 10.8 Å². The van der Waals surface area contributed by atoms with Crippen LogP contribution in [0.25, 0.3) is 0 Å². The number of anilines is 2. The van der Waals surface area contributed by atoms with Crippen molar-refractivity contribution < 1.29 is 14.0 Å². The summed E-state index contributed by atoms with van der Waals surface area (Å²) in [5.74, 6) is 1.96. The molecule has 1 aliphatic heterocycles. The monoisotopic (exact) mass is 539 g/mol. The molecule has 4 rings (SSSR count). The Hall–Kier alpha value is -3.11. The third kappa shape index (κ3) is 7.01. The number of oxazole rings is 1. The van der Waals surface area contributed by atoms with Gasteiger partial charge in [0.15, 0.2) is 5.13 Å². The quantitative estimate of drug-likeness (QED) is 0.273. The van der Waals surface area contributed by atoms with E-state index in [1.54, 1.807) is 47.4 Å². The number of likely N-dealkylation sites (tertiary alicyclic amines) is 1. The first-order chi connectivity index (χ1) is 17.6. The van der Waals surface area contributed by atoms with Crippen LogP contribution in [-0.4, -0.2) is 45.8 Å². The Morgan fingerprint density at radius 2 is 2.05 bits per heavy atom. The van der Waals surface area contributed by atoms with Gasteiger partial charge in [0.05, 0.1) is 21.9 Å². The summed E-state index contributed by atoms with van der Waals surface area (Å²) in [4.78, 5) is 35.6. The van der Waals surface area contributed by atoms with Crippen LogP contribution in [0.3, 0.4) is 0 Å². The Kier molecular flexibility index (Phi) is 8.39. The van der Waals surface area contributed by atoms with Crippen LogP contribution in [0, 0.1) is 6.92 Å². The van der Waals surface area contributed by atoms with Gasteiger partial charge < -0.3 is 20.0 Å². The molecule has 3 heterocycles. The summed E-state index contributed by atoms with van der Waals surface area (Å²) in [7, 11) is 0. The number of piperidine rings is 1. The van der Waals surface area contributed by atoms with Gasteiger partial charge in [0.2, 0.25) is 11.8 Å². The number of carbonyl (C=O) groups excluding carboxylic acids is 2. The molecule has 0 bridgehead atoms. The number of carbonyl (C=O) groups is 2. The van der Waals surface area contributed by atoms with Crippen molar-refractivity contribution in [2.75, 3.05) is 23.7 Å². The summed E-state index contributed by atoms with van der Waals surface area (Å²) in [6.45, 7) is 13.1. The second-order valence-corrected chi connectivity index (χ2v) is 12.3. The lowest BCUT2D eigenvalue weighted by Gasteiger charge is -2.33. The lowest BCUT2D eigenvalue weighted by molar-refractivity contribution is -0.111. The van der Waals surface area contributed by atoms with E-state index in [4.69, 9.17) is 9.40 Å². The number of thioether (sulfide) groups is 1. The Morgan fingerprint density at radius 1 is 1.30 bits per heavy atom. The van der Waals surface area contributed by atoms with Crippen molar-refractivity contribution in [2.45, 2.75) is 62.0 Å². The number of nitrogens with one attached hydrogen (secondary N) is 2. The largest absolute Gasteiger partial charge is 0.444 e. The molecule has 196 valence electrons. The molecule has 1 atom stereocenters. The van der Waals surface area contributed by atoms with Crippen LogP contribution in [0.1, 0.15) is 61.3 Å². The molecule has 10 heteroatoms. The highest BCUT2D eigenvalue weighted by Gasteiger charge is 2.26. The van der Waals surface area contributed by atoms with Crippen LogP contribution in [0.15, 0.2) is 51.7 Å². The topological polar surface area (TPSA) is 100 Å². The van der Waals surface area contributed by atoms with Gasteiger partial charge in [0.25, 0.3) is 5.91 Å². The van der Waals surface area contributed by atoms with E-state index in [2.05, 4.69) is 43.0 Å². The molecule has 0 spiro atoms. The zero-order chi connectivity index (χ0) is 26.6. The first-order valence-corrected chi connectivity index (χ1v) is 14.1. The highest BCUT2D eigenvalue weighted by Crippen LogP contribution is 2.35. The van der Waals surface area contributed by atoms with Crippen LogP contribution < -0.4 is 10.6 Å². The molecule has 0 aliphatic carbocycles. The third-order valence-electron chi connectivity index (χ3n) is 5.99. The predicted molar refractivity (Wildman–Crippen MR) is 149 cm³/mol. The number of aryl methyl sites for hydroxylation is 1. The lowest BCUT2D eigenvalue weighted by Crippen LogP contribution is -2.45. The van der Waals surface area contributed by atoms with Gasteiger partial charge in [-0.2, -0.15) is 0 Å². The summed E-state index contributed by atoms with van der Waals surface area (Å²) in [6.07, 6.45) is 4.92. The molecule has 2 amide bonds. The first-order valence-electron chi connectivity index (χ1n) is 12.3. The molecule has 8 nitrogen and oxygen atoms in total. The van der Waals surface area contributed by atoms with Crippen LogP contribution >= 0.6 is 23.1 Å². The SMILES string of the molecule is C=CC(=O)Nc1ccc(C(=O)N2CCC[C@@H](Nc3nc(C)c(SCc4ncc(C(C)(C)C)o4)s3)C2)cc1. The average molecular weight is 540 g/mol. The summed E-state index contributed by atoms with van der Waals surface area (Å²) in [5, 5.41) is 7.10. The van der Waals surface area contributed by atoms with E-state index in [0.29, 0.717) is 23.5 Å². The van der Waals surface area contributed by atoms with Gasteiger partial charge in [0, 0.05) is 35.8 Å². The molecule has 0 radical (unpaired) electrons. The van der Waals surface area contributed by atoms with Crippen molar-refractivity contribution >= 4 is 45.7 Å². The van der Waals surface area contributed by atoms with Crippen molar-refractivity contribution in [3.05, 3.63) is 66.0 Å². The second-order valence-electron chi connectivity index (χ2n) is 10.1. The molecule has 0 saturated carbocycles. The number of amides is 2. The van der Waals surface area contributed by atoms with Crippen LogP contribution in [0.5, 0.6) is 0 Å². The fraction of sp³-hybridized carbons (Fsp3) is 0.407. The van der Waals surface area contributed by atoms with E-state index < -0.39 is 0 Å². The Labute approximate surface area is 226 Å². The Morgan fingerprint density at radius 3 is 2.73 bits per heavy atom. The molecule has 1 aliphatic rings.